The number of pyridine rings is 1. The summed E-state index contributed by atoms with van der Waals surface area (Å²) in [5.74, 6) is -2.28. The molecule has 0 radical (unpaired) electrons. The SMILES string of the molecule is CCCc1nn(C(C)(C)C)c(O)c1C1C(O)C(c2c(C)c(C#N)c(=O)n(CCCOC)c2O)C1O. The van der Waals surface area contributed by atoms with Gasteiger partial charge >= 0.3 is 0 Å². The first-order valence-electron chi connectivity index (χ1n) is 11.9. The Kier molecular flexibility index (Phi) is 7.65. The minimum atomic E-state index is -1.18. The van der Waals surface area contributed by atoms with Crippen LogP contribution in [0.5, 0.6) is 11.8 Å². The van der Waals surface area contributed by atoms with Gasteiger partial charge in [0.1, 0.15) is 11.6 Å². The van der Waals surface area contributed by atoms with Crippen LogP contribution in [-0.2, 0) is 23.2 Å². The van der Waals surface area contributed by atoms with E-state index >= 15 is 0 Å². The predicted molar refractivity (Wildman–Crippen MR) is 129 cm³/mol. The zero-order valence-corrected chi connectivity index (χ0v) is 21.2. The molecule has 10 nitrogen and oxygen atoms in total. The molecule has 2 heterocycles. The second-order valence-electron chi connectivity index (χ2n) is 10.2. The van der Waals surface area contributed by atoms with Gasteiger partial charge in [-0.1, -0.05) is 13.3 Å². The molecule has 2 aromatic heterocycles. The number of nitrogens with zero attached hydrogens (tertiary/aromatic N) is 4. The molecular weight excluding hydrogens is 452 g/mol. The number of hydrogen-bond acceptors (Lipinski definition) is 8. The van der Waals surface area contributed by atoms with Gasteiger partial charge in [-0.05, 0) is 46.1 Å². The fraction of sp³-hybridized carbons (Fsp3) is 0.640. The quantitative estimate of drug-likeness (QED) is 0.411. The number of rotatable bonds is 8. The average molecular weight is 489 g/mol. The smallest absolute Gasteiger partial charge is 0.271 e. The molecule has 0 bridgehead atoms. The lowest BCUT2D eigenvalue weighted by Gasteiger charge is -2.47. The van der Waals surface area contributed by atoms with Gasteiger partial charge in [0.2, 0.25) is 5.88 Å². The van der Waals surface area contributed by atoms with E-state index in [4.69, 9.17) is 4.74 Å². The number of aromatic hydroxyl groups is 2. The maximum absolute atomic E-state index is 12.8. The minimum Gasteiger partial charge on any atom is -0.494 e. The van der Waals surface area contributed by atoms with Crippen molar-refractivity contribution in [3.05, 3.63) is 38.3 Å². The van der Waals surface area contributed by atoms with Crippen molar-refractivity contribution < 1.29 is 25.2 Å². The maximum Gasteiger partial charge on any atom is 0.271 e. The molecule has 1 saturated carbocycles. The third-order valence-corrected chi connectivity index (χ3v) is 6.81. The second kappa shape index (κ2) is 10.0. The van der Waals surface area contributed by atoms with E-state index in [2.05, 4.69) is 5.10 Å². The van der Waals surface area contributed by atoms with Gasteiger partial charge in [-0.3, -0.25) is 9.36 Å². The van der Waals surface area contributed by atoms with Crippen LogP contribution in [0, 0.1) is 18.3 Å². The highest BCUT2D eigenvalue weighted by molar-refractivity contribution is 5.52. The lowest BCUT2D eigenvalue weighted by atomic mass is 9.62. The van der Waals surface area contributed by atoms with Crippen LogP contribution in [0.3, 0.4) is 0 Å². The van der Waals surface area contributed by atoms with Gasteiger partial charge < -0.3 is 25.2 Å². The third kappa shape index (κ3) is 4.44. The van der Waals surface area contributed by atoms with Gasteiger partial charge in [0.05, 0.1) is 23.4 Å². The zero-order chi connectivity index (χ0) is 26.2. The van der Waals surface area contributed by atoms with Crippen LogP contribution < -0.4 is 5.56 Å². The Balaban J connectivity index is 2.09. The highest BCUT2D eigenvalue weighted by Crippen LogP contribution is 2.53. The number of aliphatic hydroxyl groups excluding tert-OH is 2. The van der Waals surface area contributed by atoms with Crippen molar-refractivity contribution in [2.75, 3.05) is 13.7 Å². The van der Waals surface area contributed by atoms with Crippen LogP contribution >= 0.6 is 0 Å². The van der Waals surface area contributed by atoms with Crippen LogP contribution in [0.1, 0.15) is 80.3 Å². The summed E-state index contributed by atoms with van der Waals surface area (Å²) in [5, 5.41) is 58.7. The van der Waals surface area contributed by atoms with Gasteiger partial charge in [-0.2, -0.15) is 10.4 Å². The first-order valence-corrected chi connectivity index (χ1v) is 11.9. The summed E-state index contributed by atoms with van der Waals surface area (Å²) in [6.07, 6.45) is -0.612. The summed E-state index contributed by atoms with van der Waals surface area (Å²) in [6, 6.07) is 1.90. The van der Waals surface area contributed by atoms with Crippen molar-refractivity contribution in [3.8, 4) is 17.8 Å². The zero-order valence-electron chi connectivity index (χ0n) is 21.2. The fourth-order valence-electron chi connectivity index (χ4n) is 5.03. The molecule has 35 heavy (non-hydrogen) atoms. The molecule has 2 aromatic rings. The van der Waals surface area contributed by atoms with Crippen LogP contribution in [0.4, 0.5) is 0 Å². The van der Waals surface area contributed by atoms with Crippen LogP contribution in [-0.4, -0.2) is 60.7 Å². The number of hydrogen-bond donors (Lipinski definition) is 4. The van der Waals surface area contributed by atoms with Crippen LogP contribution in [0.2, 0.25) is 0 Å². The second-order valence-corrected chi connectivity index (χ2v) is 10.2. The third-order valence-electron chi connectivity index (χ3n) is 6.81. The number of nitriles is 1. The summed E-state index contributed by atoms with van der Waals surface area (Å²) in [6.45, 7) is 9.66. The largest absolute Gasteiger partial charge is 0.494 e. The van der Waals surface area contributed by atoms with Crippen molar-refractivity contribution in [2.45, 2.75) is 90.0 Å². The molecule has 1 aliphatic rings. The highest BCUT2D eigenvalue weighted by atomic mass is 16.5. The monoisotopic (exact) mass is 488 g/mol. The molecule has 192 valence electrons. The lowest BCUT2D eigenvalue weighted by Crippen LogP contribution is -2.52. The molecule has 1 fully saturated rings. The molecule has 0 aromatic carbocycles. The average Bonchev–Trinajstić information content (AvgIpc) is 3.10. The topological polar surface area (TPSA) is 154 Å². The Morgan fingerprint density at radius 2 is 1.71 bits per heavy atom. The van der Waals surface area contributed by atoms with Gasteiger partial charge in [-0.15, -0.1) is 0 Å². The molecule has 0 spiro atoms. The summed E-state index contributed by atoms with van der Waals surface area (Å²) in [4.78, 5) is 12.8. The number of ether oxygens (including phenoxy) is 1. The first kappa shape index (κ1) is 26.7. The van der Waals surface area contributed by atoms with E-state index in [1.807, 2.05) is 33.8 Å². The fourth-order valence-corrected chi connectivity index (χ4v) is 5.03. The normalized spacial score (nSPS) is 22.1. The molecule has 10 heteroatoms. The number of aryl methyl sites for hydroxylation is 1. The first-order chi connectivity index (χ1) is 16.4. The Morgan fingerprint density at radius 1 is 1.11 bits per heavy atom. The lowest BCUT2D eigenvalue weighted by molar-refractivity contribution is -0.0807. The van der Waals surface area contributed by atoms with Crippen molar-refractivity contribution in [3.63, 3.8) is 0 Å². The summed E-state index contributed by atoms with van der Waals surface area (Å²) in [5.41, 5.74) is 0.0916. The van der Waals surface area contributed by atoms with E-state index in [1.54, 1.807) is 0 Å². The van der Waals surface area contributed by atoms with E-state index in [-0.39, 0.29) is 35.0 Å². The van der Waals surface area contributed by atoms with E-state index < -0.39 is 35.1 Å². The van der Waals surface area contributed by atoms with E-state index in [0.717, 1.165) is 11.0 Å². The van der Waals surface area contributed by atoms with Crippen molar-refractivity contribution >= 4 is 0 Å². The van der Waals surface area contributed by atoms with Crippen LogP contribution in [0.15, 0.2) is 4.79 Å². The summed E-state index contributed by atoms with van der Waals surface area (Å²) in [7, 11) is 1.52. The standard InChI is InChI=1S/C25H36N4O6/c1-7-9-15-17(24(34)29(27-15)25(3,4)5)19-20(30)18(21(19)31)16-13(2)14(12-26)22(32)28(23(16)33)10-8-11-35-6/h18-21,30-31,33-34H,7-11H2,1-6H3. The number of methoxy groups -OCH3 is 1. The molecule has 0 amide bonds. The van der Waals surface area contributed by atoms with Crippen molar-refractivity contribution in [1.82, 2.24) is 14.3 Å². The Bertz CT molecular complexity index is 1180. The van der Waals surface area contributed by atoms with Crippen molar-refractivity contribution in [2.24, 2.45) is 0 Å². The molecule has 1 aliphatic carbocycles. The van der Waals surface area contributed by atoms with Gasteiger partial charge in [0, 0.05) is 43.2 Å². The predicted octanol–water partition coefficient (Wildman–Crippen LogP) is 1.98. The Morgan fingerprint density at radius 3 is 2.23 bits per heavy atom. The Hall–Kier alpha value is -2.87. The van der Waals surface area contributed by atoms with E-state index in [1.165, 1.54) is 18.7 Å². The summed E-state index contributed by atoms with van der Waals surface area (Å²) >= 11 is 0. The van der Waals surface area contributed by atoms with Gasteiger partial charge in [0.15, 0.2) is 5.88 Å². The van der Waals surface area contributed by atoms with Gasteiger partial charge in [0.25, 0.3) is 5.56 Å². The van der Waals surface area contributed by atoms with E-state index in [0.29, 0.717) is 30.7 Å². The highest BCUT2D eigenvalue weighted by Gasteiger charge is 2.55. The minimum absolute atomic E-state index is 0.106. The molecular formula is C25H36N4O6. The Labute approximate surface area is 205 Å². The molecule has 3 rings (SSSR count). The van der Waals surface area contributed by atoms with E-state index in [9.17, 15) is 30.5 Å². The molecule has 4 N–H and O–H groups in total. The molecule has 0 aliphatic heterocycles. The summed E-state index contributed by atoms with van der Waals surface area (Å²) < 4.78 is 7.61. The van der Waals surface area contributed by atoms with Gasteiger partial charge in [-0.25, -0.2) is 4.68 Å². The number of aromatic nitrogens is 3. The number of aliphatic hydroxyl groups is 2. The van der Waals surface area contributed by atoms with Crippen molar-refractivity contribution in [1.29, 1.82) is 5.26 Å². The maximum atomic E-state index is 12.8. The molecule has 2 atom stereocenters. The molecule has 0 saturated heterocycles. The molecule has 2 unspecified atom stereocenters. The van der Waals surface area contributed by atoms with Crippen LogP contribution in [0.25, 0.3) is 0 Å².